The van der Waals surface area contributed by atoms with Gasteiger partial charge < -0.3 is 10.2 Å². The zero-order chi connectivity index (χ0) is 13.3. The Morgan fingerprint density at radius 3 is 1.59 bits per heavy atom. The van der Waals surface area contributed by atoms with Gasteiger partial charge in [-0.25, -0.2) is 9.59 Å². The molecule has 0 bridgehead atoms. The molecule has 5 heteroatoms. The summed E-state index contributed by atoms with van der Waals surface area (Å²) in [4.78, 5) is 29.8. The molecule has 1 aromatic rings. The summed E-state index contributed by atoms with van der Waals surface area (Å²) in [6, 6.07) is 9.23. The number of hydrogen-bond donors (Lipinski definition) is 2. The second-order valence-electron chi connectivity index (χ2n) is 2.93. The van der Waals surface area contributed by atoms with Crippen molar-refractivity contribution in [3.05, 3.63) is 48.0 Å². The lowest BCUT2D eigenvalue weighted by Crippen LogP contribution is -1.91. The highest BCUT2D eigenvalue weighted by molar-refractivity contribution is 5.93. The molecule has 90 valence electrons. The Morgan fingerprint density at radius 2 is 1.35 bits per heavy atom. The van der Waals surface area contributed by atoms with E-state index in [2.05, 4.69) is 0 Å². The van der Waals surface area contributed by atoms with Crippen molar-refractivity contribution in [1.29, 1.82) is 0 Å². The predicted octanol–water partition coefficient (Wildman–Crippen LogP) is 1.60. The van der Waals surface area contributed by atoms with Gasteiger partial charge in [0.1, 0.15) is 0 Å². The van der Waals surface area contributed by atoms with Crippen LogP contribution >= 0.6 is 0 Å². The predicted molar refractivity (Wildman–Crippen MR) is 60.9 cm³/mol. The molecule has 0 unspecified atom stereocenters. The first-order chi connectivity index (χ1) is 7.93. The average Bonchev–Trinajstić information content (AvgIpc) is 2.28. The first kappa shape index (κ1) is 14.6. The molecule has 0 fully saturated rings. The van der Waals surface area contributed by atoms with Crippen molar-refractivity contribution in [3.63, 3.8) is 0 Å². The Morgan fingerprint density at radius 1 is 0.941 bits per heavy atom. The van der Waals surface area contributed by atoms with Crippen LogP contribution in [-0.2, 0) is 9.59 Å². The first-order valence-electron chi connectivity index (χ1n) is 4.63. The summed E-state index contributed by atoms with van der Waals surface area (Å²) in [5, 5.41) is 15.6. The lowest BCUT2D eigenvalue weighted by molar-refractivity contribution is -0.134. The topological polar surface area (TPSA) is 91.7 Å². The van der Waals surface area contributed by atoms with Crippen LogP contribution in [0.1, 0.15) is 17.3 Å². The minimum Gasteiger partial charge on any atom is -0.478 e. The molecule has 0 heterocycles. The summed E-state index contributed by atoms with van der Waals surface area (Å²) >= 11 is 0. The minimum atomic E-state index is -1.26. The number of Topliss-reactive ketones (excluding diaryl/α,β-unsaturated/α-hetero) is 1. The summed E-state index contributed by atoms with van der Waals surface area (Å²) in [5.41, 5.74) is 0.775. The van der Waals surface area contributed by atoms with Gasteiger partial charge in [-0.2, -0.15) is 0 Å². The van der Waals surface area contributed by atoms with Crippen LogP contribution in [0.5, 0.6) is 0 Å². The smallest absolute Gasteiger partial charge is 0.328 e. The van der Waals surface area contributed by atoms with Gasteiger partial charge in [-0.15, -0.1) is 0 Å². The second-order valence-corrected chi connectivity index (χ2v) is 2.93. The molecule has 0 spiro atoms. The molecule has 0 amide bonds. The molecule has 0 aromatic heterocycles. The molecule has 0 radical (unpaired) electrons. The maximum Gasteiger partial charge on any atom is 0.328 e. The van der Waals surface area contributed by atoms with Crippen molar-refractivity contribution in [2.75, 3.05) is 0 Å². The van der Waals surface area contributed by atoms with E-state index in [1.807, 2.05) is 30.3 Å². The maximum atomic E-state index is 10.6. The molecule has 0 atom stereocenters. The highest BCUT2D eigenvalue weighted by Gasteiger charge is 1.92. The molecule has 0 saturated heterocycles. The SMILES string of the molecule is CC(=O)c1ccccc1.O=C(O)C=CC(=O)O. The van der Waals surface area contributed by atoms with Gasteiger partial charge in [0.05, 0.1) is 0 Å². The summed E-state index contributed by atoms with van der Waals surface area (Å²) < 4.78 is 0. The Hall–Kier alpha value is -2.43. The lowest BCUT2D eigenvalue weighted by Gasteiger charge is -1.89. The number of carboxylic acid groups (broad SMARTS) is 2. The van der Waals surface area contributed by atoms with E-state index < -0.39 is 11.9 Å². The molecule has 1 rings (SSSR count). The Labute approximate surface area is 98.0 Å². The monoisotopic (exact) mass is 236 g/mol. The van der Waals surface area contributed by atoms with Crippen LogP contribution in [0.15, 0.2) is 42.5 Å². The fourth-order valence-corrected chi connectivity index (χ4v) is 0.815. The molecule has 2 N–H and O–H groups in total. The Bertz CT molecular complexity index is 404. The van der Waals surface area contributed by atoms with Gasteiger partial charge in [0.25, 0.3) is 0 Å². The molecule has 5 nitrogen and oxygen atoms in total. The molecular weight excluding hydrogens is 224 g/mol. The van der Waals surface area contributed by atoms with E-state index in [1.54, 1.807) is 6.92 Å². The fraction of sp³-hybridized carbons (Fsp3) is 0.0833. The number of carbonyl (C=O) groups excluding carboxylic acids is 1. The quantitative estimate of drug-likeness (QED) is 0.614. The molecule has 0 aliphatic heterocycles. The van der Waals surface area contributed by atoms with Gasteiger partial charge in [-0.1, -0.05) is 30.3 Å². The third kappa shape index (κ3) is 8.56. The summed E-state index contributed by atoms with van der Waals surface area (Å²) in [6.07, 6.45) is 1.12. The van der Waals surface area contributed by atoms with Crippen LogP contribution in [0.25, 0.3) is 0 Å². The number of carboxylic acids is 2. The third-order valence-electron chi connectivity index (χ3n) is 1.55. The Kier molecular flexibility index (Phi) is 6.69. The zero-order valence-corrected chi connectivity index (χ0v) is 9.16. The van der Waals surface area contributed by atoms with E-state index in [1.165, 1.54) is 0 Å². The lowest BCUT2D eigenvalue weighted by atomic mass is 10.2. The summed E-state index contributed by atoms with van der Waals surface area (Å²) in [5.74, 6) is -2.39. The van der Waals surface area contributed by atoms with Crippen LogP contribution in [0, 0.1) is 0 Å². The van der Waals surface area contributed by atoms with Gasteiger partial charge in [-0.3, -0.25) is 4.79 Å². The van der Waals surface area contributed by atoms with E-state index >= 15 is 0 Å². The number of aliphatic carboxylic acids is 2. The van der Waals surface area contributed by atoms with Crippen LogP contribution in [0.2, 0.25) is 0 Å². The van der Waals surface area contributed by atoms with Gasteiger partial charge in [0.2, 0.25) is 0 Å². The van der Waals surface area contributed by atoms with Gasteiger partial charge in [0, 0.05) is 17.7 Å². The first-order valence-corrected chi connectivity index (χ1v) is 4.63. The molecule has 1 aromatic carbocycles. The summed E-state index contributed by atoms with van der Waals surface area (Å²) in [7, 11) is 0. The van der Waals surface area contributed by atoms with E-state index in [4.69, 9.17) is 10.2 Å². The van der Waals surface area contributed by atoms with Crippen LogP contribution in [0.4, 0.5) is 0 Å². The number of ketones is 1. The van der Waals surface area contributed by atoms with Crippen molar-refractivity contribution < 1.29 is 24.6 Å². The Balaban J connectivity index is 0.000000304. The van der Waals surface area contributed by atoms with Crippen molar-refractivity contribution in [2.45, 2.75) is 6.92 Å². The van der Waals surface area contributed by atoms with Crippen molar-refractivity contribution in [2.24, 2.45) is 0 Å². The second kappa shape index (κ2) is 7.81. The largest absolute Gasteiger partial charge is 0.478 e. The standard InChI is InChI=1S/C8H8O.C4H4O4/c1-7(9)8-5-3-2-4-6-8;5-3(6)1-2-4(7)8/h2-6H,1H3;1-2H,(H,5,6)(H,7,8). The minimum absolute atomic E-state index is 0.121. The average molecular weight is 236 g/mol. The number of rotatable bonds is 3. The van der Waals surface area contributed by atoms with Gasteiger partial charge in [-0.05, 0) is 6.92 Å². The fourth-order valence-electron chi connectivity index (χ4n) is 0.815. The summed E-state index contributed by atoms with van der Waals surface area (Å²) in [6.45, 7) is 1.56. The molecule has 0 aliphatic rings. The molecule has 0 saturated carbocycles. The molecule has 0 aliphatic carbocycles. The van der Waals surface area contributed by atoms with Crippen molar-refractivity contribution in [1.82, 2.24) is 0 Å². The van der Waals surface area contributed by atoms with Crippen molar-refractivity contribution in [3.8, 4) is 0 Å². The number of carbonyl (C=O) groups is 3. The zero-order valence-electron chi connectivity index (χ0n) is 9.16. The molecule has 17 heavy (non-hydrogen) atoms. The number of benzene rings is 1. The van der Waals surface area contributed by atoms with Crippen LogP contribution in [0.3, 0.4) is 0 Å². The van der Waals surface area contributed by atoms with E-state index in [0.29, 0.717) is 12.2 Å². The normalized spacial score (nSPS) is 9.24. The van der Waals surface area contributed by atoms with Gasteiger partial charge in [0.15, 0.2) is 5.78 Å². The third-order valence-corrected chi connectivity index (χ3v) is 1.55. The highest BCUT2D eigenvalue weighted by Crippen LogP contribution is 1.97. The highest BCUT2D eigenvalue weighted by atomic mass is 16.4. The van der Waals surface area contributed by atoms with E-state index in [-0.39, 0.29) is 5.78 Å². The number of hydrogen-bond acceptors (Lipinski definition) is 3. The van der Waals surface area contributed by atoms with Crippen LogP contribution in [-0.4, -0.2) is 27.9 Å². The van der Waals surface area contributed by atoms with Gasteiger partial charge >= 0.3 is 11.9 Å². The molecular formula is C12H12O5. The van der Waals surface area contributed by atoms with E-state index in [9.17, 15) is 14.4 Å². The van der Waals surface area contributed by atoms with Crippen molar-refractivity contribution >= 4 is 17.7 Å². The van der Waals surface area contributed by atoms with Crippen LogP contribution < -0.4 is 0 Å². The van der Waals surface area contributed by atoms with E-state index in [0.717, 1.165) is 5.56 Å². The maximum absolute atomic E-state index is 10.6.